The average molecular weight is 443 g/mol. The number of hydrogen-bond donors (Lipinski definition) is 1. The van der Waals surface area contributed by atoms with E-state index in [1.807, 2.05) is 61.5 Å². The molecule has 0 spiro atoms. The number of amides is 2. The molecule has 0 saturated carbocycles. The van der Waals surface area contributed by atoms with Gasteiger partial charge in [-0.15, -0.1) is 0 Å². The Morgan fingerprint density at radius 1 is 0.909 bits per heavy atom. The maximum Gasteiger partial charge on any atom is 0.261 e. The molecule has 1 aliphatic heterocycles. The summed E-state index contributed by atoms with van der Waals surface area (Å²) in [5, 5.41) is 5.90. The monoisotopic (exact) mass is 442 g/mol. The first-order valence-electron chi connectivity index (χ1n) is 11.5. The largest absolute Gasteiger partial charge is 0.378 e. The number of carbonyl (C=O) groups is 2. The number of benzene rings is 3. The van der Waals surface area contributed by atoms with Crippen LogP contribution in [0, 0.1) is 0 Å². The normalized spacial score (nSPS) is 13.2. The second-order valence-electron chi connectivity index (χ2n) is 8.57. The van der Waals surface area contributed by atoms with E-state index in [1.54, 1.807) is 18.3 Å². The molecule has 0 saturated heterocycles. The molecule has 0 aliphatic carbocycles. The lowest BCUT2D eigenvalue weighted by atomic mass is 9.93. The molecule has 0 unspecified atom stereocenters. The highest BCUT2D eigenvalue weighted by molar-refractivity contribution is 6.26. The Labute approximate surface area is 194 Å². The highest BCUT2D eigenvalue weighted by atomic mass is 16.2. The molecule has 1 N–H and O–H groups in total. The van der Waals surface area contributed by atoms with Crippen LogP contribution in [0.15, 0.2) is 59.7 Å². The van der Waals surface area contributed by atoms with E-state index >= 15 is 0 Å². The van der Waals surface area contributed by atoms with Gasteiger partial charge in [0.05, 0.1) is 11.9 Å². The lowest BCUT2D eigenvalue weighted by Crippen LogP contribution is -2.40. The number of rotatable bonds is 9. The number of carbonyl (C=O) groups excluding carboxylic acids is 2. The Bertz CT molecular complexity index is 1180. The van der Waals surface area contributed by atoms with Crippen LogP contribution in [0.2, 0.25) is 0 Å². The molecule has 170 valence electrons. The molecule has 1 heterocycles. The van der Waals surface area contributed by atoms with Gasteiger partial charge < -0.3 is 4.90 Å². The summed E-state index contributed by atoms with van der Waals surface area (Å²) in [7, 11) is 4.01. The van der Waals surface area contributed by atoms with Crippen molar-refractivity contribution >= 4 is 40.2 Å². The maximum atomic E-state index is 13.1. The van der Waals surface area contributed by atoms with Crippen LogP contribution >= 0.6 is 0 Å². The fraction of sp³-hybridized carbons (Fsp3) is 0.296. The zero-order chi connectivity index (χ0) is 23.4. The summed E-state index contributed by atoms with van der Waals surface area (Å²) >= 11 is 0. The summed E-state index contributed by atoms with van der Waals surface area (Å²) in [6.45, 7) is 2.61. The van der Waals surface area contributed by atoms with E-state index < -0.39 is 0 Å². The first-order valence-corrected chi connectivity index (χ1v) is 11.5. The number of anilines is 2. The quantitative estimate of drug-likeness (QED) is 0.205. The second kappa shape index (κ2) is 9.86. The molecule has 3 aromatic rings. The minimum atomic E-state index is -0.212. The summed E-state index contributed by atoms with van der Waals surface area (Å²) < 4.78 is 0. The number of nitrogens with zero attached hydrogens (tertiary/aromatic N) is 3. The van der Waals surface area contributed by atoms with Crippen LogP contribution < -0.4 is 10.3 Å². The lowest BCUT2D eigenvalue weighted by molar-refractivity contribution is 0.0608. The van der Waals surface area contributed by atoms with Gasteiger partial charge in [-0.25, -0.2) is 0 Å². The summed E-state index contributed by atoms with van der Waals surface area (Å²) in [6, 6.07) is 17.3. The van der Waals surface area contributed by atoms with Gasteiger partial charge in [0.2, 0.25) is 0 Å². The van der Waals surface area contributed by atoms with Gasteiger partial charge in [-0.3, -0.25) is 19.9 Å². The predicted octanol–water partition coefficient (Wildman–Crippen LogP) is 5.53. The molecule has 0 bridgehead atoms. The molecule has 4 rings (SSSR count). The Balaban J connectivity index is 1.57. The van der Waals surface area contributed by atoms with E-state index in [1.165, 1.54) is 4.90 Å². The molecule has 2 amide bonds. The van der Waals surface area contributed by atoms with Crippen molar-refractivity contribution in [3.05, 3.63) is 71.3 Å². The maximum absolute atomic E-state index is 13.1. The van der Waals surface area contributed by atoms with Gasteiger partial charge in [0.25, 0.3) is 11.8 Å². The van der Waals surface area contributed by atoms with Crippen LogP contribution in [0.3, 0.4) is 0 Å². The molecule has 3 aromatic carbocycles. The van der Waals surface area contributed by atoms with Gasteiger partial charge >= 0.3 is 0 Å². The van der Waals surface area contributed by atoms with E-state index in [2.05, 4.69) is 17.5 Å². The molecule has 0 atom stereocenters. The molecule has 33 heavy (non-hydrogen) atoms. The van der Waals surface area contributed by atoms with E-state index in [9.17, 15) is 9.59 Å². The van der Waals surface area contributed by atoms with Crippen molar-refractivity contribution in [2.75, 3.05) is 31.0 Å². The number of hydrazone groups is 1. The first-order chi connectivity index (χ1) is 16.0. The Morgan fingerprint density at radius 3 is 2.33 bits per heavy atom. The standard InChI is InChI=1S/C27H30N4O2/c1-4-5-6-7-17-31-26(32)22-10-8-9-21-24(16-15-23(25(21)22)27(31)33)29-28-18-19-11-13-20(14-12-19)30(2)3/h8-16,18,29H,4-7,17H2,1-3H3/b28-18+. The predicted molar refractivity (Wildman–Crippen MR) is 135 cm³/mol. The van der Waals surface area contributed by atoms with Gasteiger partial charge in [-0.2, -0.15) is 5.10 Å². The minimum absolute atomic E-state index is 0.212. The van der Waals surface area contributed by atoms with Crippen molar-refractivity contribution in [3.8, 4) is 0 Å². The van der Waals surface area contributed by atoms with E-state index in [0.717, 1.165) is 48.0 Å². The van der Waals surface area contributed by atoms with Crippen LogP contribution in [0.25, 0.3) is 10.8 Å². The van der Waals surface area contributed by atoms with E-state index in [0.29, 0.717) is 23.1 Å². The van der Waals surface area contributed by atoms with Crippen molar-refractivity contribution < 1.29 is 9.59 Å². The van der Waals surface area contributed by atoms with Crippen LogP contribution in [-0.2, 0) is 0 Å². The first kappa shape index (κ1) is 22.5. The molecule has 6 nitrogen and oxygen atoms in total. The number of nitrogens with one attached hydrogen (secondary N) is 1. The molecule has 6 heteroatoms. The van der Waals surface area contributed by atoms with Gasteiger partial charge in [0.15, 0.2) is 0 Å². The van der Waals surface area contributed by atoms with Gasteiger partial charge in [0, 0.05) is 48.2 Å². The average Bonchev–Trinajstić information content (AvgIpc) is 2.82. The highest BCUT2D eigenvalue weighted by Crippen LogP contribution is 2.34. The fourth-order valence-corrected chi connectivity index (χ4v) is 4.18. The SMILES string of the molecule is CCCCCCN1C(=O)c2cccc3c(N/N=C/c4ccc(N(C)C)cc4)ccc(c23)C1=O. The van der Waals surface area contributed by atoms with Crippen LogP contribution in [-0.4, -0.2) is 43.6 Å². The Kier molecular flexibility index (Phi) is 6.73. The van der Waals surface area contributed by atoms with E-state index in [4.69, 9.17) is 0 Å². The third-order valence-corrected chi connectivity index (χ3v) is 6.04. The van der Waals surface area contributed by atoms with Crippen molar-refractivity contribution in [1.29, 1.82) is 0 Å². The Morgan fingerprint density at radius 2 is 1.64 bits per heavy atom. The third kappa shape index (κ3) is 4.60. The zero-order valence-electron chi connectivity index (χ0n) is 19.5. The van der Waals surface area contributed by atoms with Crippen molar-refractivity contribution in [3.63, 3.8) is 0 Å². The van der Waals surface area contributed by atoms with Crippen LogP contribution in [0.5, 0.6) is 0 Å². The van der Waals surface area contributed by atoms with Crippen molar-refractivity contribution in [2.45, 2.75) is 32.6 Å². The van der Waals surface area contributed by atoms with Gasteiger partial charge in [-0.1, -0.05) is 50.5 Å². The molecular formula is C27H30N4O2. The number of unbranched alkanes of at least 4 members (excludes halogenated alkanes) is 3. The summed E-state index contributed by atoms with van der Waals surface area (Å²) in [4.78, 5) is 29.7. The van der Waals surface area contributed by atoms with Gasteiger partial charge in [-0.05, 0) is 42.3 Å². The highest BCUT2D eigenvalue weighted by Gasteiger charge is 2.32. The molecule has 0 fully saturated rings. The summed E-state index contributed by atoms with van der Waals surface area (Å²) in [5.41, 5.74) is 7.09. The number of imide groups is 1. The fourth-order valence-electron chi connectivity index (χ4n) is 4.18. The topological polar surface area (TPSA) is 65.0 Å². The zero-order valence-corrected chi connectivity index (χ0v) is 19.5. The second-order valence-corrected chi connectivity index (χ2v) is 8.57. The Hall–Kier alpha value is -3.67. The van der Waals surface area contributed by atoms with Gasteiger partial charge in [0.1, 0.15) is 0 Å². The third-order valence-electron chi connectivity index (χ3n) is 6.04. The van der Waals surface area contributed by atoms with E-state index in [-0.39, 0.29) is 11.8 Å². The van der Waals surface area contributed by atoms with Crippen LogP contribution in [0.4, 0.5) is 11.4 Å². The molecule has 0 aromatic heterocycles. The van der Waals surface area contributed by atoms with Crippen molar-refractivity contribution in [1.82, 2.24) is 4.90 Å². The van der Waals surface area contributed by atoms with Crippen molar-refractivity contribution in [2.24, 2.45) is 5.10 Å². The summed E-state index contributed by atoms with van der Waals surface area (Å²) in [5.74, 6) is -0.424. The number of hydrogen-bond acceptors (Lipinski definition) is 5. The van der Waals surface area contributed by atoms with Crippen LogP contribution in [0.1, 0.15) is 58.9 Å². The molecule has 1 aliphatic rings. The summed E-state index contributed by atoms with van der Waals surface area (Å²) in [6.07, 6.45) is 5.83. The molecular weight excluding hydrogens is 412 g/mol. The lowest BCUT2D eigenvalue weighted by Gasteiger charge is -2.27. The minimum Gasteiger partial charge on any atom is -0.378 e. The molecule has 0 radical (unpaired) electrons. The smallest absolute Gasteiger partial charge is 0.261 e.